The van der Waals surface area contributed by atoms with E-state index in [2.05, 4.69) is 0 Å². The van der Waals surface area contributed by atoms with E-state index in [-0.39, 0.29) is 5.60 Å². The number of hydrogen-bond acceptors (Lipinski definition) is 1. The molecule has 3 aliphatic rings. The van der Waals surface area contributed by atoms with Gasteiger partial charge in [-0.3, -0.25) is 0 Å². The molecule has 11 heavy (non-hydrogen) atoms. The summed E-state index contributed by atoms with van der Waals surface area (Å²) in [5, 5.41) is 10.3. The van der Waals surface area contributed by atoms with Crippen molar-refractivity contribution in [1.29, 1.82) is 0 Å². The van der Waals surface area contributed by atoms with Crippen LogP contribution in [0.15, 0.2) is 0 Å². The van der Waals surface area contributed by atoms with Crippen LogP contribution in [0.2, 0.25) is 0 Å². The third-order valence-corrected chi connectivity index (χ3v) is 4.48. The van der Waals surface area contributed by atoms with Crippen LogP contribution in [-0.2, 0) is 0 Å². The fraction of sp³-hybridized carbons (Fsp3) is 1.00. The Hall–Kier alpha value is -0.0400. The van der Waals surface area contributed by atoms with Crippen molar-refractivity contribution in [2.24, 2.45) is 17.8 Å². The first kappa shape index (κ1) is 6.47. The highest BCUT2D eigenvalue weighted by Crippen LogP contribution is 2.61. The van der Waals surface area contributed by atoms with Crippen LogP contribution in [0.5, 0.6) is 0 Å². The Morgan fingerprint density at radius 3 is 2.82 bits per heavy atom. The van der Waals surface area contributed by atoms with Crippen LogP contribution < -0.4 is 0 Å². The van der Waals surface area contributed by atoms with Crippen molar-refractivity contribution < 1.29 is 5.11 Å². The quantitative estimate of drug-likeness (QED) is 0.562. The zero-order valence-electron chi connectivity index (χ0n) is 6.92. The Kier molecular flexibility index (Phi) is 1.07. The fourth-order valence-electron chi connectivity index (χ4n) is 3.77. The van der Waals surface area contributed by atoms with Gasteiger partial charge in [0.25, 0.3) is 0 Å². The highest BCUT2D eigenvalue weighted by molar-refractivity contribution is 5.09. The van der Waals surface area contributed by atoms with Crippen LogP contribution in [0.25, 0.3) is 0 Å². The average molecular weight is 152 g/mol. The molecule has 0 bridgehead atoms. The van der Waals surface area contributed by atoms with E-state index in [9.17, 15) is 5.11 Å². The molecule has 3 saturated carbocycles. The Morgan fingerprint density at radius 2 is 2.09 bits per heavy atom. The second-order valence-corrected chi connectivity index (χ2v) is 4.76. The third kappa shape index (κ3) is 0.618. The van der Waals surface area contributed by atoms with E-state index in [1.165, 1.54) is 32.1 Å². The summed E-state index contributed by atoms with van der Waals surface area (Å²) in [5.74, 6) is 2.33. The molecule has 0 amide bonds. The van der Waals surface area contributed by atoms with E-state index < -0.39 is 0 Å². The second kappa shape index (κ2) is 1.82. The molecular formula is C10H16O. The number of rotatable bonds is 0. The van der Waals surface area contributed by atoms with Crippen molar-refractivity contribution in [2.75, 3.05) is 0 Å². The summed E-state index contributed by atoms with van der Waals surface area (Å²) in [6.45, 7) is 0. The molecule has 3 rings (SSSR count). The summed E-state index contributed by atoms with van der Waals surface area (Å²) >= 11 is 0. The molecule has 0 spiro atoms. The maximum absolute atomic E-state index is 10.3. The third-order valence-electron chi connectivity index (χ3n) is 4.48. The van der Waals surface area contributed by atoms with Gasteiger partial charge in [-0.15, -0.1) is 0 Å². The largest absolute Gasteiger partial charge is 0.389 e. The van der Waals surface area contributed by atoms with E-state index in [1.807, 2.05) is 0 Å². The zero-order chi connectivity index (χ0) is 7.47. The van der Waals surface area contributed by atoms with Gasteiger partial charge in [-0.25, -0.2) is 0 Å². The van der Waals surface area contributed by atoms with E-state index in [0.717, 1.165) is 18.3 Å². The normalized spacial score (nSPS) is 60.3. The number of aliphatic hydroxyl groups is 1. The van der Waals surface area contributed by atoms with Gasteiger partial charge in [0.2, 0.25) is 0 Å². The SMILES string of the molecule is O[C@]12CCC[C@H]1C[C@@H]1CC[C@@H]12. The first-order valence-corrected chi connectivity index (χ1v) is 5.03. The topological polar surface area (TPSA) is 20.2 Å². The first-order valence-electron chi connectivity index (χ1n) is 5.03. The Labute approximate surface area is 67.8 Å². The minimum atomic E-state index is -0.178. The van der Waals surface area contributed by atoms with Gasteiger partial charge in [0, 0.05) is 0 Å². The number of hydrogen-bond donors (Lipinski definition) is 1. The molecule has 0 aliphatic heterocycles. The van der Waals surface area contributed by atoms with Crippen LogP contribution in [0.1, 0.15) is 38.5 Å². The summed E-state index contributed by atoms with van der Waals surface area (Å²) in [7, 11) is 0. The highest BCUT2D eigenvalue weighted by atomic mass is 16.3. The Morgan fingerprint density at radius 1 is 1.18 bits per heavy atom. The van der Waals surface area contributed by atoms with Gasteiger partial charge in [0.1, 0.15) is 0 Å². The van der Waals surface area contributed by atoms with Gasteiger partial charge in [-0.1, -0.05) is 6.42 Å². The van der Waals surface area contributed by atoms with E-state index in [0.29, 0.717) is 5.92 Å². The standard InChI is InChI=1S/C10H16O/c11-10-5-1-2-8(10)6-7-3-4-9(7)10/h7-9,11H,1-6H2/t7-,8-,9-,10+/m0/s1. The molecule has 4 atom stereocenters. The minimum Gasteiger partial charge on any atom is -0.389 e. The minimum absolute atomic E-state index is 0.178. The average Bonchev–Trinajstić information content (AvgIpc) is 2.30. The van der Waals surface area contributed by atoms with Crippen LogP contribution in [0.3, 0.4) is 0 Å². The monoisotopic (exact) mass is 152 g/mol. The lowest BCUT2D eigenvalue weighted by molar-refractivity contribution is -0.0514. The molecule has 0 aromatic heterocycles. The van der Waals surface area contributed by atoms with Crippen LogP contribution in [0.4, 0.5) is 0 Å². The molecule has 0 saturated heterocycles. The summed E-state index contributed by atoms with van der Waals surface area (Å²) in [4.78, 5) is 0. The second-order valence-electron chi connectivity index (χ2n) is 4.76. The maximum Gasteiger partial charge on any atom is 0.0706 e. The van der Waals surface area contributed by atoms with Gasteiger partial charge in [-0.05, 0) is 49.9 Å². The zero-order valence-corrected chi connectivity index (χ0v) is 6.92. The molecule has 0 aromatic carbocycles. The molecule has 3 fully saturated rings. The molecule has 62 valence electrons. The molecule has 0 heterocycles. The summed E-state index contributed by atoms with van der Waals surface area (Å²) in [5.41, 5.74) is -0.178. The smallest absolute Gasteiger partial charge is 0.0706 e. The summed E-state index contributed by atoms with van der Waals surface area (Å²) in [6.07, 6.45) is 7.77. The van der Waals surface area contributed by atoms with E-state index >= 15 is 0 Å². The molecule has 1 heteroatoms. The van der Waals surface area contributed by atoms with Crippen LogP contribution >= 0.6 is 0 Å². The summed E-state index contributed by atoms with van der Waals surface area (Å²) in [6, 6.07) is 0. The summed E-state index contributed by atoms with van der Waals surface area (Å²) < 4.78 is 0. The highest BCUT2D eigenvalue weighted by Gasteiger charge is 2.58. The van der Waals surface area contributed by atoms with E-state index in [4.69, 9.17) is 0 Å². The van der Waals surface area contributed by atoms with Crippen molar-refractivity contribution in [3.63, 3.8) is 0 Å². The van der Waals surface area contributed by atoms with Gasteiger partial charge >= 0.3 is 0 Å². The van der Waals surface area contributed by atoms with Crippen molar-refractivity contribution in [3.8, 4) is 0 Å². The fourth-order valence-corrected chi connectivity index (χ4v) is 3.77. The molecule has 1 N–H and O–H groups in total. The van der Waals surface area contributed by atoms with Gasteiger partial charge < -0.3 is 5.11 Å². The Bertz CT molecular complexity index is 185. The van der Waals surface area contributed by atoms with Crippen molar-refractivity contribution in [1.82, 2.24) is 0 Å². The lowest BCUT2D eigenvalue weighted by atomic mass is 9.70. The molecule has 0 radical (unpaired) electrons. The van der Waals surface area contributed by atoms with Crippen molar-refractivity contribution in [2.45, 2.75) is 44.1 Å². The van der Waals surface area contributed by atoms with Gasteiger partial charge in [0.15, 0.2) is 0 Å². The molecule has 3 aliphatic carbocycles. The van der Waals surface area contributed by atoms with Crippen molar-refractivity contribution in [3.05, 3.63) is 0 Å². The van der Waals surface area contributed by atoms with Gasteiger partial charge in [-0.2, -0.15) is 0 Å². The lowest BCUT2D eigenvalue weighted by Crippen LogP contribution is -2.40. The van der Waals surface area contributed by atoms with Crippen LogP contribution in [0, 0.1) is 17.8 Å². The lowest BCUT2D eigenvalue weighted by Gasteiger charge is -2.39. The van der Waals surface area contributed by atoms with Gasteiger partial charge in [0.05, 0.1) is 5.60 Å². The molecular weight excluding hydrogens is 136 g/mol. The maximum atomic E-state index is 10.3. The first-order chi connectivity index (χ1) is 5.31. The van der Waals surface area contributed by atoms with Crippen LogP contribution in [-0.4, -0.2) is 10.7 Å². The predicted octanol–water partition coefficient (Wildman–Crippen LogP) is 1.95. The Balaban J connectivity index is 1.94. The predicted molar refractivity (Wildman–Crippen MR) is 43.1 cm³/mol. The molecule has 0 unspecified atom stereocenters. The van der Waals surface area contributed by atoms with E-state index in [1.54, 1.807) is 0 Å². The molecule has 1 nitrogen and oxygen atoms in total. The van der Waals surface area contributed by atoms with Crippen molar-refractivity contribution >= 4 is 0 Å². The molecule has 0 aromatic rings. The number of fused-ring (bicyclic) bond motifs is 3.